The lowest BCUT2D eigenvalue weighted by atomic mass is 10.1. The van der Waals surface area contributed by atoms with E-state index < -0.39 is 0 Å². The van der Waals surface area contributed by atoms with Gasteiger partial charge in [0.1, 0.15) is 11.4 Å². The van der Waals surface area contributed by atoms with Crippen LogP contribution in [0.25, 0.3) is 11.3 Å². The fourth-order valence-corrected chi connectivity index (χ4v) is 2.09. The van der Waals surface area contributed by atoms with Gasteiger partial charge in [0.2, 0.25) is 5.91 Å². The van der Waals surface area contributed by atoms with Crippen molar-refractivity contribution in [1.29, 1.82) is 0 Å². The maximum Gasteiger partial charge on any atom is 0.269 e. The predicted molar refractivity (Wildman–Crippen MR) is 95.4 cm³/mol. The van der Waals surface area contributed by atoms with Crippen molar-refractivity contribution in [2.45, 2.75) is 6.92 Å². The Bertz CT molecular complexity index is 765. The summed E-state index contributed by atoms with van der Waals surface area (Å²) in [7, 11) is 3.33. The first-order valence-corrected chi connectivity index (χ1v) is 7.96. The van der Waals surface area contributed by atoms with E-state index in [9.17, 15) is 9.59 Å². The Morgan fingerprint density at radius 2 is 2.08 bits per heavy atom. The second-order valence-electron chi connectivity index (χ2n) is 5.44. The van der Waals surface area contributed by atoms with E-state index in [0.717, 1.165) is 5.56 Å². The van der Waals surface area contributed by atoms with Crippen molar-refractivity contribution < 1.29 is 14.3 Å². The summed E-state index contributed by atoms with van der Waals surface area (Å²) in [6.45, 7) is 2.71. The molecule has 0 aliphatic heterocycles. The molecule has 0 unspecified atom stereocenters. The highest BCUT2D eigenvalue weighted by molar-refractivity contribution is 5.93. The first kappa shape index (κ1) is 18.3. The number of rotatable bonds is 7. The third-order valence-electron chi connectivity index (χ3n) is 3.37. The number of carbonyl (C=O) groups excluding carboxylic acids is 2. The van der Waals surface area contributed by atoms with Crippen molar-refractivity contribution in [1.82, 2.24) is 20.4 Å². The van der Waals surface area contributed by atoms with Gasteiger partial charge in [-0.15, -0.1) is 0 Å². The van der Waals surface area contributed by atoms with Crippen LogP contribution in [0.4, 0.5) is 0 Å². The molecule has 0 bridgehead atoms. The van der Waals surface area contributed by atoms with E-state index in [4.69, 9.17) is 4.74 Å². The van der Waals surface area contributed by atoms with Crippen molar-refractivity contribution in [3.8, 4) is 17.0 Å². The van der Waals surface area contributed by atoms with Crippen molar-refractivity contribution >= 4 is 11.8 Å². The van der Waals surface area contributed by atoms with Crippen LogP contribution in [0.5, 0.6) is 5.75 Å². The van der Waals surface area contributed by atoms with Gasteiger partial charge in [0.05, 0.1) is 12.3 Å². The Hall–Kier alpha value is -3.09. The Morgan fingerprint density at radius 3 is 2.80 bits per heavy atom. The fraction of sp³-hybridized carbons (Fsp3) is 0.278. The zero-order valence-electron chi connectivity index (χ0n) is 14.6. The highest BCUT2D eigenvalue weighted by Gasteiger charge is 2.13. The number of ether oxygens (including phenoxy) is 1. The normalized spacial score (nSPS) is 10.7. The minimum absolute atomic E-state index is 0.134. The van der Waals surface area contributed by atoms with Gasteiger partial charge in [-0.25, -0.2) is 0 Å². The third-order valence-corrected chi connectivity index (χ3v) is 3.37. The number of aromatic amines is 1. The first-order chi connectivity index (χ1) is 12.0. The van der Waals surface area contributed by atoms with E-state index in [0.29, 0.717) is 23.7 Å². The van der Waals surface area contributed by atoms with E-state index >= 15 is 0 Å². The molecule has 7 nitrogen and oxygen atoms in total. The minimum Gasteiger partial charge on any atom is -0.493 e. The van der Waals surface area contributed by atoms with Crippen LogP contribution in [0.15, 0.2) is 42.5 Å². The standard InChI is InChI=1S/C18H22N4O3/c1-4-25-16-9-6-5-8-13(16)14-12-15(21-20-14)18(24)19-11-7-10-17(23)22(2)3/h5-10,12H,4,11H2,1-3H3,(H,19,24)(H,20,21)/b10-7+. The summed E-state index contributed by atoms with van der Waals surface area (Å²) in [5.74, 6) is 0.286. The molecule has 0 saturated carbocycles. The summed E-state index contributed by atoms with van der Waals surface area (Å²) in [6.07, 6.45) is 3.01. The molecule has 25 heavy (non-hydrogen) atoms. The lowest BCUT2D eigenvalue weighted by Crippen LogP contribution is -2.24. The van der Waals surface area contributed by atoms with E-state index in [1.807, 2.05) is 31.2 Å². The lowest BCUT2D eigenvalue weighted by molar-refractivity contribution is -0.123. The molecule has 7 heteroatoms. The van der Waals surface area contributed by atoms with Crippen LogP contribution in [0.3, 0.4) is 0 Å². The smallest absolute Gasteiger partial charge is 0.269 e. The zero-order chi connectivity index (χ0) is 18.2. The number of aromatic nitrogens is 2. The van der Waals surface area contributed by atoms with E-state index in [1.165, 1.54) is 11.0 Å². The van der Waals surface area contributed by atoms with Crippen LogP contribution < -0.4 is 10.1 Å². The molecule has 1 aromatic heterocycles. The van der Waals surface area contributed by atoms with Crippen molar-refractivity contribution in [3.63, 3.8) is 0 Å². The molecule has 0 aliphatic rings. The van der Waals surface area contributed by atoms with Crippen molar-refractivity contribution in [3.05, 3.63) is 48.2 Å². The molecule has 2 N–H and O–H groups in total. The molecule has 1 aromatic carbocycles. The van der Waals surface area contributed by atoms with Crippen LogP contribution in [0, 0.1) is 0 Å². The lowest BCUT2D eigenvalue weighted by Gasteiger charge is -2.07. The van der Waals surface area contributed by atoms with Gasteiger partial charge in [0.15, 0.2) is 0 Å². The fourth-order valence-electron chi connectivity index (χ4n) is 2.09. The molecule has 2 amide bonds. The molecule has 2 aromatic rings. The number of nitrogens with one attached hydrogen (secondary N) is 2. The predicted octanol–water partition coefficient (Wildman–Crippen LogP) is 1.85. The summed E-state index contributed by atoms with van der Waals surface area (Å²) < 4.78 is 5.58. The second-order valence-corrected chi connectivity index (χ2v) is 5.44. The summed E-state index contributed by atoms with van der Waals surface area (Å²) in [4.78, 5) is 25.0. The Morgan fingerprint density at radius 1 is 1.32 bits per heavy atom. The average molecular weight is 342 g/mol. The van der Waals surface area contributed by atoms with Gasteiger partial charge in [-0.1, -0.05) is 18.2 Å². The largest absolute Gasteiger partial charge is 0.493 e. The molecule has 0 atom stereocenters. The maximum atomic E-state index is 12.1. The molecule has 0 spiro atoms. The summed E-state index contributed by atoms with van der Waals surface area (Å²) in [5.41, 5.74) is 1.79. The molecule has 1 heterocycles. The van der Waals surface area contributed by atoms with Crippen molar-refractivity contribution in [2.24, 2.45) is 0 Å². The second kappa shape index (κ2) is 8.68. The van der Waals surface area contributed by atoms with Gasteiger partial charge in [-0.05, 0) is 25.1 Å². The number of H-pyrrole nitrogens is 1. The number of amides is 2. The van der Waals surface area contributed by atoms with E-state index in [1.54, 1.807) is 26.2 Å². The number of benzene rings is 1. The van der Waals surface area contributed by atoms with Gasteiger partial charge in [0, 0.05) is 32.3 Å². The number of hydrogen-bond acceptors (Lipinski definition) is 4. The Labute approximate surface area is 146 Å². The monoisotopic (exact) mass is 342 g/mol. The van der Waals surface area contributed by atoms with Crippen LogP contribution >= 0.6 is 0 Å². The number of para-hydroxylation sites is 1. The highest BCUT2D eigenvalue weighted by atomic mass is 16.5. The Balaban J connectivity index is 2.01. The molecule has 0 fully saturated rings. The van der Waals surface area contributed by atoms with E-state index in [-0.39, 0.29) is 18.4 Å². The van der Waals surface area contributed by atoms with Gasteiger partial charge < -0.3 is 15.0 Å². The number of nitrogens with zero attached hydrogens (tertiary/aromatic N) is 2. The first-order valence-electron chi connectivity index (χ1n) is 7.96. The summed E-state index contributed by atoms with van der Waals surface area (Å²) in [6, 6.07) is 9.19. The number of carbonyl (C=O) groups is 2. The van der Waals surface area contributed by atoms with Crippen LogP contribution in [0.2, 0.25) is 0 Å². The quantitative estimate of drug-likeness (QED) is 0.752. The van der Waals surface area contributed by atoms with E-state index in [2.05, 4.69) is 15.5 Å². The zero-order valence-corrected chi connectivity index (χ0v) is 14.6. The molecular weight excluding hydrogens is 320 g/mol. The maximum absolute atomic E-state index is 12.1. The average Bonchev–Trinajstić information content (AvgIpc) is 3.09. The number of hydrogen-bond donors (Lipinski definition) is 2. The van der Waals surface area contributed by atoms with Crippen LogP contribution in [-0.2, 0) is 4.79 Å². The summed E-state index contributed by atoms with van der Waals surface area (Å²) >= 11 is 0. The molecule has 0 radical (unpaired) electrons. The molecule has 132 valence electrons. The van der Waals surface area contributed by atoms with Gasteiger partial charge in [-0.2, -0.15) is 5.10 Å². The van der Waals surface area contributed by atoms with Crippen molar-refractivity contribution in [2.75, 3.05) is 27.2 Å². The highest BCUT2D eigenvalue weighted by Crippen LogP contribution is 2.28. The SMILES string of the molecule is CCOc1ccccc1-c1cc(C(=O)NC/C=C/C(=O)N(C)C)[nH]n1. The molecule has 0 saturated heterocycles. The molecule has 2 rings (SSSR count). The van der Waals surface area contributed by atoms with Gasteiger partial charge in [-0.3, -0.25) is 14.7 Å². The molecular formula is C18H22N4O3. The van der Waals surface area contributed by atoms with Crippen LogP contribution in [-0.4, -0.2) is 54.2 Å². The third kappa shape index (κ3) is 4.94. The minimum atomic E-state index is -0.297. The Kier molecular flexibility index (Phi) is 6.33. The van der Waals surface area contributed by atoms with Crippen LogP contribution in [0.1, 0.15) is 17.4 Å². The van der Waals surface area contributed by atoms with Gasteiger partial charge in [0.25, 0.3) is 5.91 Å². The topological polar surface area (TPSA) is 87.3 Å². The van der Waals surface area contributed by atoms with Gasteiger partial charge >= 0.3 is 0 Å². The summed E-state index contributed by atoms with van der Waals surface area (Å²) in [5, 5.41) is 9.61. The molecule has 0 aliphatic carbocycles. The number of likely N-dealkylation sites (N-methyl/N-ethyl adjacent to an activating group) is 1.